The standard InChI is InChI=1S/C25H32N4O/c1-17(2)15-29-9-5-6-21(16-29)25(30)12-23-11-22-10-19(7-8-20(22)13-27-23)24-14-26-18(3)28(24)4/h7-8,10-11,13-14,17,21H,5-6,9,12,15-16H2,1-4H3/t21-/m0/s1. The minimum absolute atomic E-state index is 0.138. The van der Waals surface area contributed by atoms with Crippen LogP contribution < -0.4 is 0 Å². The van der Waals surface area contributed by atoms with Gasteiger partial charge in [0.1, 0.15) is 11.6 Å². The van der Waals surface area contributed by atoms with Crippen molar-refractivity contribution in [3.8, 4) is 11.3 Å². The molecule has 1 aliphatic heterocycles. The number of ketones is 1. The maximum atomic E-state index is 13.0. The fourth-order valence-electron chi connectivity index (χ4n) is 4.54. The van der Waals surface area contributed by atoms with Crippen LogP contribution in [0, 0.1) is 18.8 Å². The summed E-state index contributed by atoms with van der Waals surface area (Å²) in [5.74, 6) is 2.09. The minimum atomic E-state index is 0.138. The molecule has 1 saturated heterocycles. The van der Waals surface area contributed by atoms with Gasteiger partial charge in [-0.2, -0.15) is 0 Å². The summed E-state index contributed by atoms with van der Waals surface area (Å²) >= 11 is 0. The number of piperidine rings is 1. The molecular formula is C25H32N4O. The average Bonchev–Trinajstić information content (AvgIpc) is 3.05. The molecule has 0 saturated carbocycles. The smallest absolute Gasteiger partial charge is 0.143 e. The molecule has 1 aromatic carbocycles. The van der Waals surface area contributed by atoms with Gasteiger partial charge in [-0.3, -0.25) is 9.78 Å². The van der Waals surface area contributed by atoms with Gasteiger partial charge in [0.2, 0.25) is 0 Å². The van der Waals surface area contributed by atoms with Crippen LogP contribution in [0.2, 0.25) is 0 Å². The fraction of sp³-hybridized carbons (Fsp3) is 0.480. The number of likely N-dealkylation sites (tertiary alicyclic amines) is 1. The summed E-state index contributed by atoms with van der Waals surface area (Å²) in [6.07, 6.45) is 6.34. The van der Waals surface area contributed by atoms with Crippen LogP contribution in [0.25, 0.3) is 22.0 Å². The van der Waals surface area contributed by atoms with Crippen molar-refractivity contribution >= 4 is 16.6 Å². The number of aryl methyl sites for hydroxylation is 1. The third-order valence-electron chi connectivity index (χ3n) is 6.23. The van der Waals surface area contributed by atoms with Gasteiger partial charge in [-0.1, -0.05) is 26.0 Å². The predicted octanol–water partition coefficient (Wildman–Crippen LogP) is 4.42. The molecule has 5 heteroatoms. The lowest BCUT2D eigenvalue weighted by Crippen LogP contribution is -2.40. The molecule has 0 bridgehead atoms. The molecule has 0 unspecified atom stereocenters. The minimum Gasteiger partial charge on any atom is -0.331 e. The molecule has 0 radical (unpaired) electrons. The molecule has 0 aliphatic carbocycles. The van der Waals surface area contributed by atoms with Crippen LogP contribution in [-0.2, 0) is 18.3 Å². The summed E-state index contributed by atoms with van der Waals surface area (Å²) < 4.78 is 2.10. The Morgan fingerprint density at radius 3 is 2.73 bits per heavy atom. The maximum absolute atomic E-state index is 13.0. The molecule has 30 heavy (non-hydrogen) atoms. The average molecular weight is 405 g/mol. The Morgan fingerprint density at radius 1 is 1.17 bits per heavy atom. The molecule has 3 heterocycles. The summed E-state index contributed by atoms with van der Waals surface area (Å²) in [4.78, 5) is 24.4. The number of rotatable bonds is 6. The maximum Gasteiger partial charge on any atom is 0.143 e. The molecule has 0 spiro atoms. The summed E-state index contributed by atoms with van der Waals surface area (Å²) in [7, 11) is 2.03. The van der Waals surface area contributed by atoms with Crippen molar-refractivity contribution in [3.63, 3.8) is 0 Å². The van der Waals surface area contributed by atoms with E-state index in [0.717, 1.165) is 66.0 Å². The van der Waals surface area contributed by atoms with Crippen LogP contribution in [0.3, 0.4) is 0 Å². The van der Waals surface area contributed by atoms with Gasteiger partial charge >= 0.3 is 0 Å². The highest BCUT2D eigenvalue weighted by molar-refractivity contribution is 5.88. The summed E-state index contributed by atoms with van der Waals surface area (Å²) in [5, 5.41) is 2.21. The van der Waals surface area contributed by atoms with Gasteiger partial charge < -0.3 is 9.47 Å². The van der Waals surface area contributed by atoms with E-state index in [4.69, 9.17) is 0 Å². The van der Waals surface area contributed by atoms with Gasteiger partial charge in [0.15, 0.2) is 0 Å². The number of carbonyl (C=O) groups excluding carboxylic acids is 1. The van der Waals surface area contributed by atoms with Crippen LogP contribution in [0.5, 0.6) is 0 Å². The molecule has 4 rings (SSSR count). The van der Waals surface area contributed by atoms with E-state index in [0.29, 0.717) is 18.1 Å². The van der Waals surface area contributed by atoms with E-state index in [2.05, 4.69) is 57.5 Å². The van der Waals surface area contributed by atoms with Crippen LogP contribution in [-0.4, -0.2) is 44.9 Å². The third kappa shape index (κ3) is 4.46. The normalized spacial score (nSPS) is 17.7. The van der Waals surface area contributed by atoms with Crippen molar-refractivity contribution in [2.45, 2.75) is 40.0 Å². The summed E-state index contributed by atoms with van der Waals surface area (Å²) in [6.45, 7) is 9.58. The lowest BCUT2D eigenvalue weighted by atomic mass is 9.90. The first-order valence-corrected chi connectivity index (χ1v) is 11.0. The van der Waals surface area contributed by atoms with Gasteiger partial charge in [0, 0.05) is 55.3 Å². The van der Waals surface area contributed by atoms with Gasteiger partial charge in [-0.15, -0.1) is 0 Å². The van der Waals surface area contributed by atoms with Gasteiger partial charge in [-0.05, 0) is 49.7 Å². The molecule has 2 aromatic heterocycles. The molecule has 158 valence electrons. The Bertz CT molecular complexity index is 1050. The first-order chi connectivity index (χ1) is 14.4. The third-order valence-corrected chi connectivity index (χ3v) is 6.23. The van der Waals surface area contributed by atoms with Crippen LogP contribution in [0.1, 0.15) is 38.2 Å². The van der Waals surface area contributed by atoms with Crippen molar-refractivity contribution < 1.29 is 4.79 Å². The van der Waals surface area contributed by atoms with E-state index >= 15 is 0 Å². The van der Waals surface area contributed by atoms with Crippen molar-refractivity contribution in [1.82, 2.24) is 19.4 Å². The number of nitrogens with zero attached hydrogens (tertiary/aromatic N) is 4. The second-order valence-corrected chi connectivity index (χ2v) is 9.12. The van der Waals surface area contributed by atoms with Crippen molar-refractivity contribution in [3.05, 3.63) is 48.2 Å². The number of hydrogen-bond acceptors (Lipinski definition) is 4. The highest BCUT2D eigenvalue weighted by Crippen LogP contribution is 2.26. The quantitative estimate of drug-likeness (QED) is 0.610. The monoisotopic (exact) mass is 404 g/mol. The SMILES string of the molecule is Cc1ncc(-c2ccc3cnc(CC(=O)[C@H]4CCCN(CC(C)C)C4)cc3c2)n1C. The van der Waals surface area contributed by atoms with Gasteiger partial charge in [0.05, 0.1) is 11.9 Å². The van der Waals surface area contributed by atoms with E-state index in [1.54, 1.807) is 0 Å². The molecule has 1 fully saturated rings. The van der Waals surface area contributed by atoms with E-state index in [9.17, 15) is 4.79 Å². The van der Waals surface area contributed by atoms with Crippen LogP contribution in [0.15, 0.2) is 36.7 Å². The Hall–Kier alpha value is -2.53. The number of hydrogen-bond donors (Lipinski definition) is 0. The number of Topliss-reactive ketones (excluding diaryl/α,β-unsaturated/α-hetero) is 1. The molecule has 3 aromatic rings. The lowest BCUT2D eigenvalue weighted by molar-refractivity contribution is -0.124. The first kappa shape index (κ1) is 20.7. The molecule has 1 atom stereocenters. The Balaban J connectivity index is 1.51. The largest absolute Gasteiger partial charge is 0.331 e. The summed E-state index contributed by atoms with van der Waals surface area (Å²) in [5.41, 5.74) is 3.09. The number of benzene rings is 1. The number of aromatic nitrogens is 3. The molecule has 0 N–H and O–H groups in total. The topological polar surface area (TPSA) is 51.0 Å². The predicted molar refractivity (Wildman–Crippen MR) is 121 cm³/mol. The van der Waals surface area contributed by atoms with Crippen LogP contribution in [0.4, 0.5) is 0 Å². The first-order valence-electron chi connectivity index (χ1n) is 11.0. The molecule has 5 nitrogen and oxygen atoms in total. The second kappa shape index (κ2) is 8.68. The summed E-state index contributed by atoms with van der Waals surface area (Å²) in [6, 6.07) is 8.45. The second-order valence-electron chi connectivity index (χ2n) is 9.12. The number of carbonyl (C=O) groups is 1. The molecular weight excluding hydrogens is 372 g/mol. The number of fused-ring (bicyclic) bond motifs is 1. The zero-order valence-corrected chi connectivity index (χ0v) is 18.6. The van der Waals surface area contributed by atoms with Crippen molar-refractivity contribution in [2.75, 3.05) is 19.6 Å². The highest BCUT2D eigenvalue weighted by atomic mass is 16.1. The van der Waals surface area contributed by atoms with Gasteiger partial charge in [0.25, 0.3) is 0 Å². The van der Waals surface area contributed by atoms with Gasteiger partial charge in [-0.25, -0.2) is 4.98 Å². The number of pyridine rings is 1. The Kier molecular flexibility index (Phi) is 6.00. The zero-order valence-electron chi connectivity index (χ0n) is 18.6. The fourth-order valence-corrected chi connectivity index (χ4v) is 4.54. The number of imidazole rings is 1. The Labute approximate surface area is 179 Å². The van der Waals surface area contributed by atoms with E-state index in [-0.39, 0.29) is 5.92 Å². The zero-order chi connectivity index (χ0) is 21.3. The van der Waals surface area contributed by atoms with E-state index < -0.39 is 0 Å². The van der Waals surface area contributed by atoms with Crippen LogP contribution >= 0.6 is 0 Å². The van der Waals surface area contributed by atoms with Crippen molar-refractivity contribution in [2.24, 2.45) is 18.9 Å². The van der Waals surface area contributed by atoms with Crippen molar-refractivity contribution in [1.29, 1.82) is 0 Å². The Morgan fingerprint density at radius 2 is 2.00 bits per heavy atom. The van der Waals surface area contributed by atoms with E-state index in [1.165, 1.54) is 0 Å². The lowest BCUT2D eigenvalue weighted by Gasteiger charge is -2.33. The van der Waals surface area contributed by atoms with E-state index in [1.807, 2.05) is 26.4 Å². The molecule has 1 aliphatic rings. The highest BCUT2D eigenvalue weighted by Gasteiger charge is 2.26. The molecule has 0 amide bonds.